The number of hydrazine groups is 1. The summed E-state index contributed by atoms with van der Waals surface area (Å²) in [6, 6.07) is 2.83. The van der Waals surface area contributed by atoms with Gasteiger partial charge >= 0.3 is 0 Å². The van der Waals surface area contributed by atoms with Crippen LogP contribution in [-0.4, -0.2) is 23.5 Å². The van der Waals surface area contributed by atoms with Gasteiger partial charge in [0.15, 0.2) is 5.82 Å². The van der Waals surface area contributed by atoms with Gasteiger partial charge in [0.05, 0.1) is 6.54 Å². The molecule has 0 spiro atoms. The molecule has 9 nitrogen and oxygen atoms in total. The Morgan fingerprint density at radius 2 is 2.21 bits per heavy atom. The van der Waals surface area contributed by atoms with Crippen LogP contribution in [0.5, 0.6) is 0 Å². The van der Waals surface area contributed by atoms with E-state index in [1.165, 1.54) is 18.3 Å². The monoisotopic (exact) mass is 284 g/mol. The van der Waals surface area contributed by atoms with Gasteiger partial charge in [-0.25, -0.2) is 24.0 Å². The molecule has 4 N–H and O–H groups in total. The van der Waals surface area contributed by atoms with Gasteiger partial charge in [-0.05, 0) is 12.1 Å². The lowest BCUT2D eigenvalue weighted by atomic mass is 10.5. The lowest BCUT2D eigenvalue weighted by Crippen LogP contribution is -2.24. The topological polar surface area (TPSA) is 136 Å². The summed E-state index contributed by atoms with van der Waals surface area (Å²) in [4.78, 5) is 7.73. The fourth-order valence-corrected chi connectivity index (χ4v) is 2.21. The van der Waals surface area contributed by atoms with Crippen LogP contribution >= 0.6 is 0 Å². The number of anilines is 1. The highest BCUT2D eigenvalue weighted by Gasteiger charge is 2.15. The molecule has 0 bridgehead atoms. The molecule has 0 amide bonds. The Morgan fingerprint density at radius 3 is 2.74 bits per heavy atom. The van der Waals surface area contributed by atoms with E-state index in [2.05, 4.69) is 25.3 Å². The largest absolute Gasteiger partial charge is 0.340 e. The Kier molecular flexibility index (Phi) is 3.74. The molecule has 0 aliphatic heterocycles. The summed E-state index contributed by atoms with van der Waals surface area (Å²) in [5.74, 6) is 6.14. The average Bonchev–Trinajstić information content (AvgIpc) is 2.82. The third-order valence-corrected chi connectivity index (χ3v) is 3.57. The van der Waals surface area contributed by atoms with Gasteiger partial charge in [0.1, 0.15) is 10.7 Å². The van der Waals surface area contributed by atoms with Crippen LogP contribution in [0.1, 0.15) is 11.7 Å². The van der Waals surface area contributed by atoms with Crippen molar-refractivity contribution < 1.29 is 12.9 Å². The van der Waals surface area contributed by atoms with Gasteiger partial charge in [0.25, 0.3) is 0 Å². The standard InChI is InChI=1S/C9H12N6O3S/c1-6-13-9(15-18-6)5-12-19(16,17)7-2-3-8(14-10)11-4-7/h2-4,12H,5,10H2,1H3,(H,11,14). The van der Waals surface area contributed by atoms with E-state index in [0.29, 0.717) is 11.7 Å². The average molecular weight is 284 g/mol. The molecule has 0 aliphatic rings. The highest BCUT2D eigenvalue weighted by Crippen LogP contribution is 2.10. The van der Waals surface area contributed by atoms with Crippen LogP contribution in [0.25, 0.3) is 0 Å². The molecule has 0 unspecified atom stereocenters. The first-order valence-electron chi connectivity index (χ1n) is 5.23. The molecule has 0 atom stereocenters. The Hall–Kier alpha value is -2.04. The number of pyridine rings is 1. The minimum absolute atomic E-state index is 0.0201. The number of hydrogen-bond acceptors (Lipinski definition) is 8. The molecule has 10 heteroatoms. The summed E-state index contributed by atoms with van der Waals surface area (Å²) >= 11 is 0. The SMILES string of the molecule is Cc1nc(CNS(=O)(=O)c2ccc(NN)nc2)no1. The van der Waals surface area contributed by atoms with Crippen LogP contribution < -0.4 is 16.0 Å². The highest BCUT2D eigenvalue weighted by molar-refractivity contribution is 7.89. The number of nitrogens with two attached hydrogens (primary N) is 1. The molecule has 0 fully saturated rings. The van der Waals surface area contributed by atoms with E-state index in [1.54, 1.807) is 6.92 Å². The van der Waals surface area contributed by atoms with Crippen molar-refractivity contribution >= 4 is 15.8 Å². The number of nitrogen functional groups attached to an aromatic ring is 1. The van der Waals surface area contributed by atoms with E-state index in [-0.39, 0.29) is 17.3 Å². The molecule has 0 saturated carbocycles. The van der Waals surface area contributed by atoms with Crippen molar-refractivity contribution in [2.45, 2.75) is 18.4 Å². The van der Waals surface area contributed by atoms with E-state index in [1.807, 2.05) is 0 Å². The van der Waals surface area contributed by atoms with Crippen molar-refractivity contribution in [2.75, 3.05) is 5.43 Å². The second-order valence-corrected chi connectivity index (χ2v) is 5.34. The lowest BCUT2D eigenvalue weighted by molar-refractivity contribution is 0.387. The molecule has 2 aromatic heterocycles. The van der Waals surface area contributed by atoms with E-state index >= 15 is 0 Å². The quantitative estimate of drug-likeness (QED) is 0.495. The van der Waals surface area contributed by atoms with Crippen molar-refractivity contribution in [3.05, 3.63) is 30.0 Å². The van der Waals surface area contributed by atoms with Crippen LogP contribution in [0.2, 0.25) is 0 Å². The Bertz CT molecular complexity index is 651. The first-order chi connectivity index (χ1) is 9.01. The molecule has 0 aliphatic carbocycles. The van der Waals surface area contributed by atoms with Crippen molar-refractivity contribution in [2.24, 2.45) is 5.84 Å². The zero-order chi connectivity index (χ0) is 13.9. The molecule has 0 saturated heterocycles. The van der Waals surface area contributed by atoms with Gasteiger partial charge in [-0.3, -0.25) is 0 Å². The molecule has 19 heavy (non-hydrogen) atoms. The summed E-state index contributed by atoms with van der Waals surface area (Å²) < 4.78 is 30.9. The van der Waals surface area contributed by atoms with Gasteiger partial charge < -0.3 is 9.95 Å². The lowest BCUT2D eigenvalue weighted by Gasteiger charge is -2.05. The first kappa shape index (κ1) is 13.4. The molecule has 2 heterocycles. The zero-order valence-electron chi connectivity index (χ0n) is 9.99. The van der Waals surface area contributed by atoms with E-state index in [4.69, 9.17) is 10.4 Å². The number of sulfonamides is 1. The minimum Gasteiger partial charge on any atom is -0.340 e. The molecule has 2 aromatic rings. The van der Waals surface area contributed by atoms with Crippen molar-refractivity contribution in [3.63, 3.8) is 0 Å². The molecular weight excluding hydrogens is 272 g/mol. The normalized spacial score (nSPS) is 11.5. The minimum atomic E-state index is -3.68. The fraction of sp³-hybridized carbons (Fsp3) is 0.222. The second kappa shape index (κ2) is 5.30. The van der Waals surface area contributed by atoms with Crippen LogP contribution in [0.3, 0.4) is 0 Å². The van der Waals surface area contributed by atoms with E-state index in [9.17, 15) is 8.42 Å². The van der Waals surface area contributed by atoms with Crippen molar-refractivity contribution in [3.8, 4) is 0 Å². The molecular formula is C9H12N6O3S. The van der Waals surface area contributed by atoms with Crippen LogP contribution in [-0.2, 0) is 16.6 Å². The van der Waals surface area contributed by atoms with E-state index < -0.39 is 10.0 Å². The van der Waals surface area contributed by atoms with Crippen molar-refractivity contribution in [1.29, 1.82) is 0 Å². The number of rotatable bonds is 5. The molecule has 2 rings (SSSR count). The number of aromatic nitrogens is 3. The van der Waals surface area contributed by atoms with Crippen LogP contribution in [0, 0.1) is 6.92 Å². The van der Waals surface area contributed by atoms with Crippen LogP contribution in [0.15, 0.2) is 27.7 Å². The van der Waals surface area contributed by atoms with Gasteiger partial charge in [-0.2, -0.15) is 4.98 Å². The Morgan fingerprint density at radius 1 is 1.42 bits per heavy atom. The van der Waals surface area contributed by atoms with Gasteiger partial charge in [-0.15, -0.1) is 0 Å². The summed E-state index contributed by atoms with van der Waals surface area (Å²) in [5.41, 5.74) is 2.31. The summed E-state index contributed by atoms with van der Waals surface area (Å²) in [6.45, 7) is 1.56. The highest BCUT2D eigenvalue weighted by atomic mass is 32.2. The predicted molar refractivity (Wildman–Crippen MR) is 65.1 cm³/mol. The maximum atomic E-state index is 11.9. The Labute approximate surface area is 109 Å². The van der Waals surface area contributed by atoms with Gasteiger partial charge in [0.2, 0.25) is 15.9 Å². The second-order valence-electron chi connectivity index (χ2n) is 3.58. The van der Waals surface area contributed by atoms with Crippen molar-refractivity contribution in [1.82, 2.24) is 19.8 Å². The zero-order valence-corrected chi connectivity index (χ0v) is 10.8. The maximum absolute atomic E-state index is 11.9. The number of nitrogens with zero attached hydrogens (tertiary/aromatic N) is 3. The molecule has 0 aromatic carbocycles. The number of hydrogen-bond donors (Lipinski definition) is 3. The predicted octanol–water partition coefficient (Wildman–Crippen LogP) is -0.463. The third-order valence-electron chi connectivity index (χ3n) is 2.18. The van der Waals surface area contributed by atoms with Gasteiger partial charge in [0, 0.05) is 13.1 Å². The van der Waals surface area contributed by atoms with Gasteiger partial charge in [-0.1, -0.05) is 5.16 Å². The maximum Gasteiger partial charge on any atom is 0.242 e. The number of aryl methyl sites for hydroxylation is 1. The summed E-state index contributed by atoms with van der Waals surface area (Å²) in [7, 11) is -3.68. The molecule has 0 radical (unpaired) electrons. The Balaban J connectivity index is 2.09. The van der Waals surface area contributed by atoms with Crippen LogP contribution in [0.4, 0.5) is 5.82 Å². The number of nitrogens with one attached hydrogen (secondary N) is 2. The first-order valence-corrected chi connectivity index (χ1v) is 6.71. The van der Waals surface area contributed by atoms with E-state index in [0.717, 1.165) is 0 Å². The molecule has 102 valence electrons. The summed E-state index contributed by atoms with van der Waals surface area (Å²) in [6.07, 6.45) is 1.19. The third kappa shape index (κ3) is 3.24. The summed E-state index contributed by atoms with van der Waals surface area (Å²) in [5, 5.41) is 3.58. The fourth-order valence-electron chi connectivity index (χ4n) is 1.28. The smallest absolute Gasteiger partial charge is 0.242 e.